The van der Waals surface area contributed by atoms with E-state index in [0.717, 1.165) is 19.0 Å². The minimum atomic E-state index is 0.889. The van der Waals surface area contributed by atoms with Crippen molar-refractivity contribution >= 4 is 5.52 Å². The molecule has 0 aliphatic heterocycles. The first-order chi connectivity index (χ1) is 8.93. The van der Waals surface area contributed by atoms with Crippen molar-refractivity contribution in [1.29, 1.82) is 0 Å². The Hall–Kier alpha value is -1.35. The van der Waals surface area contributed by atoms with Crippen molar-refractivity contribution in [3.05, 3.63) is 36.2 Å². The first-order valence-corrected chi connectivity index (χ1v) is 7.05. The highest BCUT2D eigenvalue weighted by Gasteiger charge is 2.12. The Balaban J connectivity index is 1.56. The summed E-state index contributed by atoms with van der Waals surface area (Å²) in [4.78, 5) is 0. The Kier molecular flexibility index (Phi) is 3.60. The van der Waals surface area contributed by atoms with Gasteiger partial charge in [0.1, 0.15) is 0 Å². The van der Waals surface area contributed by atoms with Gasteiger partial charge in [-0.3, -0.25) is 0 Å². The molecule has 0 aromatic carbocycles. The summed E-state index contributed by atoms with van der Waals surface area (Å²) in [6.07, 6.45) is 11.1. The van der Waals surface area contributed by atoms with Gasteiger partial charge in [-0.15, -0.1) is 0 Å². The van der Waals surface area contributed by atoms with Crippen LogP contribution in [0.5, 0.6) is 0 Å². The molecule has 0 spiro atoms. The molecule has 3 nitrogen and oxygen atoms in total. The van der Waals surface area contributed by atoms with Gasteiger partial charge in [0.15, 0.2) is 0 Å². The zero-order valence-electron chi connectivity index (χ0n) is 10.8. The van der Waals surface area contributed by atoms with Crippen LogP contribution in [0.25, 0.3) is 5.52 Å². The summed E-state index contributed by atoms with van der Waals surface area (Å²) in [5, 5.41) is 7.96. The molecule has 0 atom stereocenters. The van der Waals surface area contributed by atoms with E-state index >= 15 is 0 Å². The van der Waals surface area contributed by atoms with Crippen LogP contribution in [-0.4, -0.2) is 16.2 Å². The molecule has 3 heteroatoms. The second-order valence-corrected chi connectivity index (χ2v) is 5.34. The van der Waals surface area contributed by atoms with E-state index in [4.69, 9.17) is 0 Å². The molecule has 0 unspecified atom stereocenters. The summed E-state index contributed by atoms with van der Waals surface area (Å²) in [5.41, 5.74) is 2.51. The molecule has 3 rings (SSSR count). The van der Waals surface area contributed by atoms with Crippen molar-refractivity contribution in [2.24, 2.45) is 5.92 Å². The molecule has 2 aromatic rings. The quantitative estimate of drug-likeness (QED) is 0.894. The molecule has 1 saturated carbocycles. The van der Waals surface area contributed by atoms with E-state index in [0.29, 0.717) is 0 Å². The molecule has 96 valence electrons. The second-order valence-electron chi connectivity index (χ2n) is 5.34. The number of hydrogen-bond donors (Lipinski definition) is 1. The van der Waals surface area contributed by atoms with Gasteiger partial charge in [-0.05, 0) is 37.4 Å². The summed E-state index contributed by atoms with van der Waals surface area (Å²) in [7, 11) is 0. The van der Waals surface area contributed by atoms with Gasteiger partial charge < -0.3 is 5.32 Å². The van der Waals surface area contributed by atoms with Crippen molar-refractivity contribution in [3.8, 4) is 0 Å². The first-order valence-electron chi connectivity index (χ1n) is 7.05. The van der Waals surface area contributed by atoms with Crippen LogP contribution in [0.4, 0.5) is 0 Å². The molecular weight excluding hydrogens is 222 g/mol. The number of aromatic nitrogens is 2. The minimum absolute atomic E-state index is 0.889. The third-order valence-electron chi connectivity index (χ3n) is 3.98. The van der Waals surface area contributed by atoms with Gasteiger partial charge >= 0.3 is 0 Å². The Morgan fingerprint density at radius 3 is 3.00 bits per heavy atom. The first kappa shape index (κ1) is 11.7. The molecule has 0 saturated heterocycles. The van der Waals surface area contributed by atoms with E-state index in [9.17, 15) is 0 Å². The highest BCUT2D eigenvalue weighted by atomic mass is 15.2. The molecule has 0 amide bonds. The fraction of sp³-hybridized carbons (Fsp3) is 0.533. The van der Waals surface area contributed by atoms with E-state index in [2.05, 4.69) is 22.5 Å². The molecule has 2 aromatic heterocycles. The molecule has 18 heavy (non-hydrogen) atoms. The predicted octanol–water partition coefficient (Wildman–Crippen LogP) is 3.00. The van der Waals surface area contributed by atoms with Crippen LogP contribution in [0.1, 0.15) is 37.7 Å². The molecule has 0 radical (unpaired) electrons. The van der Waals surface area contributed by atoms with Crippen molar-refractivity contribution < 1.29 is 0 Å². The van der Waals surface area contributed by atoms with Crippen LogP contribution in [-0.2, 0) is 6.54 Å². The highest BCUT2D eigenvalue weighted by Crippen LogP contribution is 2.22. The lowest BCUT2D eigenvalue weighted by atomic mass is 9.89. The largest absolute Gasteiger partial charge is 0.312 e. The number of hydrogen-bond acceptors (Lipinski definition) is 2. The monoisotopic (exact) mass is 243 g/mol. The Morgan fingerprint density at radius 2 is 2.11 bits per heavy atom. The Morgan fingerprint density at radius 1 is 1.22 bits per heavy atom. The van der Waals surface area contributed by atoms with E-state index in [1.54, 1.807) is 0 Å². The summed E-state index contributed by atoms with van der Waals surface area (Å²) in [6, 6.07) is 6.21. The van der Waals surface area contributed by atoms with Crippen molar-refractivity contribution in [1.82, 2.24) is 14.9 Å². The van der Waals surface area contributed by atoms with E-state index < -0.39 is 0 Å². The number of fused-ring (bicyclic) bond motifs is 1. The molecule has 1 aliphatic carbocycles. The minimum Gasteiger partial charge on any atom is -0.312 e. The van der Waals surface area contributed by atoms with Crippen molar-refractivity contribution in [2.75, 3.05) is 6.54 Å². The van der Waals surface area contributed by atoms with Gasteiger partial charge in [0, 0.05) is 18.3 Å². The lowest BCUT2D eigenvalue weighted by molar-refractivity contribution is 0.342. The second kappa shape index (κ2) is 5.53. The molecule has 2 heterocycles. The SMILES string of the molecule is c1ccn2ncc(CNCC3CCCCC3)c2c1. The lowest BCUT2D eigenvalue weighted by Crippen LogP contribution is -2.24. The van der Waals surface area contributed by atoms with Crippen molar-refractivity contribution in [3.63, 3.8) is 0 Å². The molecule has 1 fully saturated rings. The molecule has 0 bridgehead atoms. The molecular formula is C15H21N3. The fourth-order valence-corrected chi connectivity index (χ4v) is 2.93. The van der Waals surface area contributed by atoms with Gasteiger partial charge in [0.2, 0.25) is 0 Å². The Bertz CT molecular complexity index is 497. The fourth-order valence-electron chi connectivity index (χ4n) is 2.93. The zero-order chi connectivity index (χ0) is 12.2. The normalized spacial score (nSPS) is 17.3. The number of nitrogens with one attached hydrogen (secondary N) is 1. The van der Waals surface area contributed by atoms with Crippen LogP contribution < -0.4 is 5.32 Å². The summed E-state index contributed by atoms with van der Waals surface area (Å²) >= 11 is 0. The topological polar surface area (TPSA) is 29.3 Å². The standard InChI is InChI=1S/C15H21N3/c1-2-6-13(7-3-1)10-16-11-14-12-17-18-9-5-4-8-15(14)18/h4-5,8-9,12-13,16H,1-3,6-7,10-11H2. The maximum Gasteiger partial charge on any atom is 0.0706 e. The van der Waals surface area contributed by atoms with Crippen LogP contribution in [0, 0.1) is 5.92 Å². The highest BCUT2D eigenvalue weighted by molar-refractivity contribution is 5.53. The number of nitrogens with zero attached hydrogens (tertiary/aromatic N) is 2. The third-order valence-corrected chi connectivity index (χ3v) is 3.98. The summed E-state index contributed by atoms with van der Waals surface area (Å²) < 4.78 is 1.94. The summed E-state index contributed by atoms with van der Waals surface area (Å²) in [5.74, 6) is 0.889. The van der Waals surface area contributed by atoms with Gasteiger partial charge in [0.25, 0.3) is 0 Å². The molecule has 1 N–H and O–H groups in total. The van der Waals surface area contributed by atoms with E-state index in [1.165, 1.54) is 43.2 Å². The van der Waals surface area contributed by atoms with Crippen LogP contribution in [0.2, 0.25) is 0 Å². The number of rotatable bonds is 4. The van der Waals surface area contributed by atoms with Gasteiger partial charge in [-0.1, -0.05) is 25.3 Å². The predicted molar refractivity (Wildman–Crippen MR) is 73.5 cm³/mol. The average molecular weight is 243 g/mol. The Labute approximate surface area is 108 Å². The summed E-state index contributed by atoms with van der Waals surface area (Å²) in [6.45, 7) is 2.09. The smallest absolute Gasteiger partial charge is 0.0706 e. The van der Waals surface area contributed by atoms with Gasteiger partial charge in [-0.25, -0.2) is 4.52 Å². The van der Waals surface area contributed by atoms with Gasteiger partial charge in [0.05, 0.1) is 11.7 Å². The van der Waals surface area contributed by atoms with E-state index in [-0.39, 0.29) is 0 Å². The van der Waals surface area contributed by atoms with E-state index in [1.807, 2.05) is 23.0 Å². The third kappa shape index (κ3) is 2.56. The maximum absolute atomic E-state index is 4.36. The van der Waals surface area contributed by atoms with Crippen molar-refractivity contribution in [2.45, 2.75) is 38.6 Å². The van der Waals surface area contributed by atoms with Crippen LogP contribution >= 0.6 is 0 Å². The average Bonchev–Trinajstić information content (AvgIpc) is 2.84. The molecule has 1 aliphatic rings. The number of pyridine rings is 1. The zero-order valence-corrected chi connectivity index (χ0v) is 10.8. The lowest BCUT2D eigenvalue weighted by Gasteiger charge is -2.21. The van der Waals surface area contributed by atoms with Gasteiger partial charge in [-0.2, -0.15) is 5.10 Å². The maximum atomic E-state index is 4.36. The van der Waals surface area contributed by atoms with Crippen LogP contribution in [0.15, 0.2) is 30.6 Å². The van der Waals surface area contributed by atoms with Crippen LogP contribution in [0.3, 0.4) is 0 Å².